The van der Waals surface area contributed by atoms with Crippen LogP contribution in [0.3, 0.4) is 0 Å². The number of nitrogens with zero attached hydrogens (tertiary/aromatic N) is 1. The lowest BCUT2D eigenvalue weighted by Gasteiger charge is -2.29. The summed E-state index contributed by atoms with van der Waals surface area (Å²) in [4.78, 5) is 15.4. The van der Waals surface area contributed by atoms with Gasteiger partial charge in [0.05, 0.1) is 18.1 Å². The molecule has 0 atom stereocenters. The van der Waals surface area contributed by atoms with E-state index in [2.05, 4.69) is 4.90 Å². The van der Waals surface area contributed by atoms with E-state index in [1.54, 1.807) is 62.6 Å². The maximum Gasteiger partial charge on any atom is 0.235 e. The Labute approximate surface area is 196 Å². The SMILES string of the molecule is COc1cccc(Oc2c(C)oc3c4c(ccc3c2=O)OCN(CCc2ccc(F)cc2)C4)c1. The molecule has 7 heteroatoms. The lowest BCUT2D eigenvalue weighted by atomic mass is 10.1. The molecule has 0 N–H and O–H groups in total. The van der Waals surface area contributed by atoms with Crippen LogP contribution in [0.4, 0.5) is 4.39 Å². The Morgan fingerprint density at radius 1 is 1.06 bits per heavy atom. The van der Waals surface area contributed by atoms with Crippen molar-refractivity contribution in [3.63, 3.8) is 0 Å². The van der Waals surface area contributed by atoms with Crippen molar-refractivity contribution in [1.82, 2.24) is 4.90 Å². The van der Waals surface area contributed by atoms with E-state index in [0.717, 1.165) is 24.1 Å². The molecular weight excluding hydrogens is 437 g/mol. The zero-order valence-corrected chi connectivity index (χ0v) is 19.0. The van der Waals surface area contributed by atoms with Crippen molar-refractivity contribution in [2.45, 2.75) is 19.9 Å². The number of hydrogen-bond acceptors (Lipinski definition) is 6. The highest BCUT2D eigenvalue weighted by molar-refractivity contribution is 5.83. The number of ether oxygens (including phenoxy) is 3. The predicted molar refractivity (Wildman–Crippen MR) is 126 cm³/mol. The minimum absolute atomic E-state index is 0.144. The van der Waals surface area contributed by atoms with Crippen molar-refractivity contribution in [3.05, 3.63) is 93.6 Å². The van der Waals surface area contributed by atoms with E-state index in [1.165, 1.54) is 12.1 Å². The Kier molecular flexibility index (Phi) is 5.94. The van der Waals surface area contributed by atoms with Gasteiger partial charge in [0.2, 0.25) is 11.2 Å². The van der Waals surface area contributed by atoms with Crippen LogP contribution in [0.5, 0.6) is 23.0 Å². The van der Waals surface area contributed by atoms with Crippen LogP contribution in [0, 0.1) is 12.7 Å². The number of aryl methyl sites for hydroxylation is 1. The highest BCUT2D eigenvalue weighted by Crippen LogP contribution is 2.34. The Morgan fingerprint density at radius 2 is 1.85 bits per heavy atom. The number of rotatable bonds is 6. The zero-order chi connectivity index (χ0) is 23.7. The summed E-state index contributed by atoms with van der Waals surface area (Å²) in [6.45, 7) is 3.44. The molecule has 6 nitrogen and oxygen atoms in total. The van der Waals surface area contributed by atoms with Crippen molar-refractivity contribution < 1.29 is 23.0 Å². The average molecular weight is 461 g/mol. The standard InChI is InChI=1S/C27H24FNO5/c1-17-26(34-21-5-3-4-20(14-21)31-2)25(30)22-10-11-24-23(27(22)33-17)15-29(16-32-24)13-12-18-6-8-19(28)9-7-18/h3-11,14H,12-13,15-16H2,1-2H3. The Hall–Kier alpha value is -3.84. The zero-order valence-electron chi connectivity index (χ0n) is 19.0. The number of hydrogen-bond donors (Lipinski definition) is 0. The van der Waals surface area contributed by atoms with Crippen LogP contribution in [0.15, 0.2) is 69.9 Å². The number of halogens is 1. The van der Waals surface area contributed by atoms with Gasteiger partial charge in [-0.3, -0.25) is 9.69 Å². The maximum atomic E-state index is 13.3. The topological polar surface area (TPSA) is 61.1 Å². The monoisotopic (exact) mass is 461 g/mol. The summed E-state index contributed by atoms with van der Waals surface area (Å²) in [6, 6.07) is 17.1. The second kappa shape index (κ2) is 9.19. The second-order valence-corrected chi connectivity index (χ2v) is 8.22. The second-order valence-electron chi connectivity index (χ2n) is 8.22. The van der Waals surface area contributed by atoms with Crippen molar-refractivity contribution in [1.29, 1.82) is 0 Å². The average Bonchev–Trinajstić information content (AvgIpc) is 2.86. The van der Waals surface area contributed by atoms with Gasteiger partial charge in [-0.15, -0.1) is 0 Å². The quantitative estimate of drug-likeness (QED) is 0.381. The smallest absolute Gasteiger partial charge is 0.235 e. The molecule has 2 heterocycles. The molecule has 1 aromatic heterocycles. The highest BCUT2D eigenvalue weighted by atomic mass is 19.1. The molecule has 1 aliphatic rings. The van der Waals surface area contributed by atoms with Gasteiger partial charge in [-0.25, -0.2) is 4.39 Å². The first-order valence-electron chi connectivity index (χ1n) is 11.0. The summed E-state index contributed by atoms with van der Waals surface area (Å²) in [6.07, 6.45) is 0.755. The third-order valence-corrected chi connectivity index (χ3v) is 5.92. The van der Waals surface area contributed by atoms with Gasteiger partial charge in [0.15, 0.2) is 0 Å². The lowest BCUT2D eigenvalue weighted by molar-refractivity contribution is 0.0967. The van der Waals surface area contributed by atoms with E-state index in [0.29, 0.717) is 47.3 Å². The van der Waals surface area contributed by atoms with Gasteiger partial charge < -0.3 is 18.6 Å². The fourth-order valence-electron chi connectivity index (χ4n) is 4.08. The molecule has 0 radical (unpaired) electrons. The highest BCUT2D eigenvalue weighted by Gasteiger charge is 2.24. The molecule has 3 aromatic carbocycles. The van der Waals surface area contributed by atoms with Crippen LogP contribution in [0.25, 0.3) is 11.0 Å². The number of benzene rings is 3. The summed E-state index contributed by atoms with van der Waals surface area (Å²) in [5, 5.41) is 0.436. The third kappa shape index (κ3) is 4.34. The molecule has 4 aromatic rings. The van der Waals surface area contributed by atoms with Crippen molar-refractivity contribution in [3.8, 4) is 23.0 Å². The fourth-order valence-corrected chi connectivity index (χ4v) is 4.08. The molecule has 0 aliphatic carbocycles. The molecular formula is C27H24FNO5. The molecule has 174 valence electrons. The number of methoxy groups -OCH3 is 1. The van der Waals surface area contributed by atoms with Crippen LogP contribution in [0.2, 0.25) is 0 Å². The Balaban J connectivity index is 1.42. The van der Waals surface area contributed by atoms with Gasteiger partial charge in [0.25, 0.3) is 0 Å². The summed E-state index contributed by atoms with van der Waals surface area (Å²) in [5.74, 6) is 2.11. The van der Waals surface area contributed by atoms with E-state index >= 15 is 0 Å². The van der Waals surface area contributed by atoms with E-state index in [-0.39, 0.29) is 17.0 Å². The van der Waals surface area contributed by atoms with Crippen molar-refractivity contribution in [2.24, 2.45) is 0 Å². The largest absolute Gasteiger partial charge is 0.497 e. The lowest BCUT2D eigenvalue weighted by Crippen LogP contribution is -2.33. The molecule has 34 heavy (non-hydrogen) atoms. The first-order chi connectivity index (χ1) is 16.5. The van der Waals surface area contributed by atoms with Crippen molar-refractivity contribution in [2.75, 3.05) is 20.4 Å². The molecule has 0 saturated heterocycles. The third-order valence-electron chi connectivity index (χ3n) is 5.92. The number of fused-ring (bicyclic) bond motifs is 3. The molecule has 0 spiro atoms. The normalized spacial score (nSPS) is 13.4. The van der Waals surface area contributed by atoms with Gasteiger partial charge in [0, 0.05) is 19.2 Å². The summed E-state index contributed by atoms with van der Waals surface area (Å²) < 4.78 is 36.4. The van der Waals surface area contributed by atoms with E-state index in [4.69, 9.17) is 18.6 Å². The molecule has 0 bridgehead atoms. The summed E-state index contributed by atoms with van der Waals surface area (Å²) in [7, 11) is 1.57. The van der Waals surface area contributed by atoms with Crippen LogP contribution >= 0.6 is 0 Å². The minimum atomic E-state index is -0.245. The van der Waals surface area contributed by atoms with E-state index in [9.17, 15) is 9.18 Å². The molecule has 0 saturated carbocycles. The summed E-state index contributed by atoms with van der Waals surface area (Å²) in [5.41, 5.74) is 2.14. The minimum Gasteiger partial charge on any atom is -0.497 e. The molecule has 1 aliphatic heterocycles. The molecule has 5 rings (SSSR count). The first-order valence-corrected chi connectivity index (χ1v) is 11.0. The van der Waals surface area contributed by atoms with E-state index < -0.39 is 0 Å². The Morgan fingerprint density at radius 3 is 2.65 bits per heavy atom. The predicted octanol–water partition coefficient (Wildman–Crippen LogP) is 5.44. The fraction of sp³-hybridized carbons (Fsp3) is 0.222. The van der Waals surface area contributed by atoms with Crippen LogP contribution < -0.4 is 19.6 Å². The first kappa shape index (κ1) is 22.0. The van der Waals surface area contributed by atoms with Crippen molar-refractivity contribution >= 4 is 11.0 Å². The van der Waals surface area contributed by atoms with Crippen LogP contribution in [-0.2, 0) is 13.0 Å². The maximum absolute atomic E-state index is 13.3. The van der Waals surface area contributed by atoms with Gasteiger partial charge in [-0.2, -0.15) is 0 Å². The summed E-state index contributed by atoms with van der Waals surface area (Å²) >= 11 is 0. The molecule has 0 amide bonds. The molecule has 0 unspecified atom stereocenters. The van der Waals surface area contributed by atoms with Gasteiger partial charge in [-0.1, -0.05) is 18.2 Å². The molecule has 0 fully saturated rings. The van der Waals surface area contributed by atoms with Gasteiger partial charge >= 0.3 is 0 Å². The van der Waals surface area contributed by atoms with Gasteiger partial charge in [0.1, 0.15) is 41.1 Å². The van der Waals surface area contributed by atoms with Gasteiger partial charge in [-0.05, 0) is 55.3 Å². The van der Waals surface area contributed by atoms with Crippen LogP contribution in [-0.4, -0.2) is 25.3 Å². The van der Waals surface area contributed by atoms with E-state index in [1.807, 2.05) is 0 Å². The van der Waals surface area contributed by atoms with Crippen LogP contribution in [0.1, 0.15) is 16.9 Å². The Bertz CT molecular complexity index is 1400.